The van der Waals surface area contributed by atoms with Gasteiger partial charge < -0.3 is 5.43 Å². The minimum Gasteiger partial charge on any atom is -0.324 e. The molecular formula is C33H43N6+. The summed E-state index contributed by atoms with van der Waals surface area (Å²) in [6.45, 7) is 18.4. The second-order valence-corrected chi connectivity index (χ2v) is 12.9. The fraction of sp³-hybridized carbons (Fsp3) is 0.394. The van der Waals surface area contributed by atoms with E-state index in [0.717, 1.165) is 40.6 Å². The molecule has 0 saturated carbocycles. The van der Waals surface area contributed by atoms with Crippen LogP contribution >= 0.6 is 0 Å². The number of hydrazine groups is 1. The Morgan fingerprint density at radius 2 is 1.67 bits per heavy atom. The summed E-state index contributed by atoms with van der Waals surface area (Å²) >= 11 is 0. The average Bonchev–Trinajstić information content (AvgIpc) is 3.54. The largest absolute Gasteiger partial charge is 0.324 e. The molecule has 6 heteroatoms. The molecule has 39 heavy (non-hydrogen) atoms. The van der Waals surface area contributed by atoms with Crippen LogP contribution in [0.25, 0.3) is 27.5 Å². The zero-order valence-corrected chi connectivity index (χ0v) is 24.7. The highest BCUT2D eigenvalue weighted by atomic mass is 15.3. The van der Waals surface area contributed by atoms with Gasteiger partial charge in [-0.2, -0.15) is 10.2 Å². The molecule has 204 valence electrons. The van der Waals surface area contributed by atoms with Crippen molar-refractivity contribution >= 4 is 27.5 Å². The van der Waals surface area contributed by atoms with E-state index in [2.05, 4.69) is 136 Å². The van der Waals surface area contributed by atoms with Gasteiger partial charge in [0.1, 0.15) is 0 Å². The Bertz CT molecular complexity index is 1640. The number of hydrogen-bond donors (Lipinski definition) is 4. The van der Waals surface area contributed by atoms with Crippen LogP contribution < -0.4 is 16.0 Å². The Labute approximate surface area is 232 Å². The van der Waals surface area contributed by atoms with Crippen LogP contribution in [0, 0.1) is 0 Å². The Morgan fingerprint density at radius 3 is 2.36 bits per heavy atom. The fourth-order valence-corrected chi connectivity index (χ4v) is 5.82. The summed E-state index contributed by atoms with van der Waals surface area (Å²) in [5.41, 5.74) is 12.0. The minimum atomic E-state index is -0.176. The van der Waals surface area contributed by atoms with Crippen molar-refractivity contribution in [3.05, 3.63) is 83.2 Å². The maximum atomic E-state index is 5.94. The molecule has 0 atom stereocenters. The Kier molecular flexibility index (Phi) is 6.58. The van der Waals surface area contributed by atoms with Gasteiger partial charge in [-0.1, -0.05) is 84.7 Å². The van der Waals surface area contributed by atoms with Gasteiger partial charge in [-0.15, -0.1) is 0 Å². The van der Waals surface area contributed by atoms with Gasteiger partial charge in [-0.25, -0.2) is 0 Å². The van der Waals surface area contributed by atoms with Crippen molar-refractivity contribution in [3.63, 3.8) is 0 Å². The number of aromatic nitrogens is 4. The molecule has 6 nitrogen and oxygen atoms in total. The van der Waals surface area contributed by atoms with Gasteiger partial charge in [0, 0.05) is 18.3 Å². The zero-order valence-electron chi connectivity index (χ0n) is 24.7. The summed E-state index contributed by atoms with van der Waals surface area (Å²) in [5, 5.41) is 13.4. The third kappa shape index (κ3) is 4.41. The molecule has 0 aliphatic carbocycles. The van der Waals surface area contributed by atoms with Crippen LogP contribution in [0.15, 0.2) is 60.9 Å². The first-order valence-corrected chi connectivity index (χ1v) is 14.0. The SMILES string of the molecule is CCCc1c(NN)cccc1C(C)(C)C(C)(C)c1ccc2c[nH][n+](-c3cc(C(C)(C)C)cc4n[nH]cc34)c2c1. The lowest BCUT2D eigenvalue weighted by molar-refractivity contribution is -0.628. The van der Waals surface area contributed by atoms with Crippen LogP contribution in [-0.2, 0) is 22.7 Å². The number of nitrogen functional groups attached to an aromatic ring is 1. The molecular weight excluding hydrogens is 480 g/mol. The predicted molar refractivity (Wildman–Crippen MR) is 162 cm³/mol. The predicted octanol–water partition coefficient (Wildman–Crippen LogP) is 7.11. The van der Waals surface area contributed by atoms with Gasteiger partial charge in [0.05, 0.1) is 28.2 Å². The Balaban J connectivity index is 1.68. The molecule has 0 aliphatic rings. The number of nitrogens with zero attached hydrogens (tertiary/aromatic N) is 2. The third-order valence-electron chi connectivity index (χ3n) is 9.05. The number of H-pyrrole nitrogens is 2. The molecule has 5 rings (SSSR count). The van der Waals surface area contributed by atoms with Crippen LogP contribution in [0.3, 0.4) is 0 Å². The highest BCUT2D eigenvalue weighted by Gasteiger charge is 2.42. The second kappa shape index (κ2) is 9.53. The number of hydrogen-bond acceptors (Lipinski definition) is 3. The number of fused-ring (bicyclic) bond motifs is 2. The van der Waals surface area contributed by atoms with Crippen LogP contribution in [0.4, 0.5) is 5.69 Å². The summed E-state index contributed by atoms with van der Waals surface area (Å²) < 4.78 is 2.20. The molecule has 5 N–H and O–H groups in total. The lowest BCUT2D eigenvalue weighted by Crippen LogP contribution is -2.41. The number of aromatic amines is 2. The highest BCUT2D eigenvalue weighted by molar-refractivity contribution is 5.87. The van der Waals surface area contributed by atoms with E-state index in [-0.39, 0.29) is 16.2 Å². The van der Waals surface area contributed by atoms with E-state index in [1.54, 1.807) is 0 Å². The Hall–Kier alpha value is -3.64. The molecule has 0 amide bonds. The number of nitrogens with two attached hydrogens (primary N) is 1. The summed E-state index contributed by atoms with van der Waals surface area (Å²) in [5.74, 6) is 5.94. The van der Waals surface area contributed by atoms with E-state index in [4.69, 9.17) is 5.84 Å². The van der Waals surface area contributed by atoms with Crippen molar-refractivity contribution in [3.8, 4) is 5.69 Å². The van der Waals surface area contributed by atoms with Gasteiger partial charge >= 0.3 is 0 Å². The molecule has 0 saturated heterocycles. The van der Waals surface area contributed by atoms with Gasteiger partial charge in [-0.05, 0) is 63.1 Å². The number of rotatable bonds is 7. The summed E-state index contributed by atoms with van der Waals surface area (Å²) in [6, 6.07) is 17.8. The molecule has 3 aromatic carbocycles. The molecule has 2 aromatic heterocycles. The maximum Gasteiger partial charge on any atom is 0.247 e. The number of benzene rings is 3. The van der Waals surface area contributed by atoms with E-state index in [1.807, 2.05) is 6.20 Å². The topological polar surface area (TPSA) is 86.4 Å². The van der Waals surface area contributed by atoms with Crippen LogP contribution in [0.1, 0.15) is 84.1 Å². The second-order valence-electron chi connectivity index (χ2n) is 12.9. The molecule has 2 heterocycles. The number of nitrogens with one attached hydrogen (secondary N) is 3. The van der Waals surface area contributed by atoms with Crippen molar-refractivity contribution in [2.45, 2.75) is 84.5 Å². The smallest absolute Gasteiger partial charge is 0.247 e. The first-order chi connectivity index (χ1) is 18.4. The maximum absolute atomic E-state index is 5.94. The van der Waals surface area contributed by atoms with E-state index < -0.39 is 0 Å². The summed E-state index contributed by atoms with van der Waals surface area (Å²) in [7, 11) is 0. The van der Waals surface area contributed by atoms with Gasteiger partial charge in [0.2, 0.25) is 11.2 Å². The van der Waals surface area contributed by atoms with Crippen molar-refractivity contribution in [1.29, 1.82) is 0 Å². The molecule has 5 aromatic rings. The van der Waals surface area contributed by atoms with Gasteiger partial charge in [0.25, 0.3) is 0 Å². The monoisotopic (exact) mass is 523 g/mol. The molecule has 0 bridgehead atoms. The van der Waals surface area contributed by atoms with Crippen LogP contribution in [-0.4, -0.2) is 15.3 Å². The van der Waals surface area contributed by atoms with E-state index in [0.29, 0.717) is 0 Å². The minimum absolute atomic E-state index is 0.00510. The standard InChI is InChI=1S/C33H42N6/c1-9-11-24-26(12-10-13-27(24)37-34)33(7,8)32(5,6)22-15-14-21-19-36-39(29(21)17-22)30-18-23(31(2,3)4)16-28-25(30)20-35-38-28/h10,12-20,37H,9,11,34H2,1-8H3,(H,35,38)/p+1. The normalized spacial score (nSPS) is 12.9. The van der Waals surface area contributed by atoms with E-state index in [9.17, 15) is 0 Å². The quantitative estimate of drug-likeness (QED) is 0.104. The van der Waals surface area contributed by atoms with Crippen molar-refractivity contribution in [2.24, 2.45) is 5.84 Å². The van der Waals surface area contributed by atoms with Crippen LogP contribution in [0.2, 0.25) is 0 Å². The van der Waals surface area contributed by atoms with Crippen LogP contribution in [0.5, 0.6) is 0 Å². The van der Waals surface area contributed by atoms with Crippen molar-refractivity contribution < 1.29 is 4.68 Å². The van der Waals surface area contributed by atoms with E-state index >= 15 is 0 Å². The lowest BCUT2D eigenvalue weighted by Gasteiger charge is -2.44. The third-order valence-corrected chi connectivity index (χ3v) is 9.05. The molecule has 0 radical (unpaired) electrons. The molecule has 0 fully saturated rings. The molecule has 0 spiro atoms. The average molecular weight is 524 g/mol. The molecule has 0 aliphatic heterocycles. The Morgan fingerprint density at radius 1 is 0.897 bits per heavy atom. The fourth-order valence-electron chi connectivity index (χ4n) is 5.82. The lowest BCUT2D eigenvalue weighted by atomic mass is 9.60. The van der Waals surface area contributed by atoms with Crippen molar-refractivity contribution in [2.75, 3.05) is 5.43 Å². The van der Waals surface area contributed by atoms with Gasteiger partial charge in [-0.3, -0.25) is 10.9 Å². The zero-order chi connectivity index (χ0) is 28.2. The molecule has 0 unspecified atom stereocenters. The van der Waals surface area contributed by atoms with Gasteiger partial charge in [0.15, 0.2) is 0 Å². The van der Waals surface area contributed by atoms with Crippen molar-refractivity contribution in [1.82, 2.24) is 15.3 Å². The highest BCUT2D eigenvalue weighted by Crippen LogP contribution is 2.46. The summed E-state index contributed by atoms with van der Waals surface area (Å²) in [4.78, 5) is 0. The number of anilines is 1. The van der Waals surface area contributed by atoms with E-state index in [1.165, 1.54) is 27.6 Å². The first-order valence-electron chi connectivity index (χ1n) is 14.0. The first kappa shape index (κ1) is 26.9. The summed E-state index contributed by atoms with van der Waals surface area (Å²) in [6.07, 6.45) is 6.12.